The highest BCUT2D eigenvalue weighted by molar-refractivity contribution is 6.30. The summed E-state index contributed by atoms with van der Waals surface area (Å²) in [6, 6.07) is 20.3. The fourth-order valence-corrected chi connectivity index (χ4v) is 2.81. The van der Waals surface area contributed by atoms with E-state index < -0.39 is 11.7 Å². The van der Waals surface area contributed by atoms with Gasteiger partial charge in [-0.1, -0.05) is 29.8 Å². The maximum absolute atomic E-state index is 13.0. The predicted molar refractivity (Wildman–Crippen MR) is 121 cm³/mol. The summed E-state index contributed by atoms with van der Waals surface area (Å²) >= 11 is 5.88. The maximum Gasteiger partial charge on any atom is 0.266 e. The number of rotatable bonds is 7. The normalized spacial score (nSPS) is 10.7. The average Bonchev–Trinajstić information content (AvgIpc) is 2.78. The molecule has 0 atom stereocenters. The summed E-state index contributed by atoms with van der Waals surface area (Å²) in [5, 5.41) is 15.0. The van der Waals surface area contributed by atoms with E-state index in [0.29, 0.717) is 27.7 Å². The molecular weight excluding hydrogens is 433 g/mol. The Balaban J connectivity index is 1.57. The van der Waals surface area contributed by atoms with Crippen molar-refractivity contribution in [3.63, 3.8) is 0 Å². The van der Waals surface area contributed by atoms with Gasteiger partial charge in [0.2, 0.25) is 0 Å². The number of benzene rings is 3. The largest absolute Gasteiger partial charge is 0.484 e. The van der Waals surface area contributed by atoms with Gasteiger partial charge in [0.05, 0.1) is 0 Å². The summed E-state index contributed by atoms with van der Waals surface area (Å²) < 4.78 is 18.4. The Kier molecular flexibility index (Phi) is 7.57. The van der Waals surface area contributed by atoms with E-state index in [1.807, 2.05) is 6.07 Å². The molecule has 0 aliphatic heterocycles. The van der Waals surface area contributed by atoms with Crippen LogP contribution in [0.2, 0.25) is 5.02 Å². The first-order valence-corrected chi connectivity index (χ1v) is 9.78. The van der Waals surface area contributed by atoms with E-state index >= 15 is 0 Å². The molecule has 32 heavy (non-hydrogen) atoms. The van der Waals surface area contributed by atoms with Crippen LogP contribution in [0.3, 0.4) is 0 Å². The minimum absolute atomic E-state index is 0.121. The van der Waals surface area contributed by atoms with Crippen LogP contribution in [0.5, 0.6) is 5.75 Å². The van der Waals surface area contributed by atoms with Crippen LogP contribution in [-0.4, -0.2) is 18.4 Å². The minimum atomic E-state index is -0.614. The van der Waals surface area contributed by atoms with Crippen molar-refractivity contribution in [1.82, 2.24) is 0 Å². The summed E-state index contributed by atoms with van der Waals surface area (Å²) in [4.78, 5) is 24.3. The Labute approximate surface area is 188 Å². The van der Waals surface area contributed by atoms with Gasteiger partial charge in [-0.3, -0.25) is 9.59 Å². The van der Waals surface area contributed by atoms with Gasteiger partial charge >= 0.3 is 0 Å². The number of nitrogens with zero attached hydrogens (tertiary/aromatic N) is 1. The van der Waals surface area contributed by atoms with Crippen molar-refractivity contribution in [3.8, 4) is 11.8 Å². The third-order valence-electron chi connectivity index (χ3n) is 4.14. The number of hydrogen-bond acceptors (Lipinski definition) is 4. The third kappa shape index (κ3) is 6.69. The molecule has 160 valence electrons. The predicted octanol–water partition coefficient (Wildman–Crippen LogP) is 5.04. The van der Waals surface area contributed by atoms with E-state index in [4.69, 9.17) is 16.3 Å². The second-order valence-corrected chi connectivity index (χ2v) is 6.98. The monoisotopic (exact) mass is 449 g/mol. The van der Waals surface area contributed by atoms with Crippen LogP contribution < -0.4 is 15.4 Å². The van der Waals surface area contributed by atoms with Gasteiger partial charge in [0.15, 0.2) is 6.61 Å². The Morgan fingerprint density at radius 3 is 2.38 bits per heavy atom. The van der Waals surface area contributed by atoms with Crippen molar-refractivity contribution in [2.45, 2.75) is 0 Å². The van der Waals surface area contributed by atoms with Crippen LogP contribution in [0, 0.1) is 17.1 Å². The molecule has 3 rings (SSSR count). The first-order valence-electron chi connectivity index (χ1n) is 9.40. The lowest BCUT2D eigenvalue weighted by Gasteiger charge is -2.08. The number of nitrogens with one attached hydrogen (secondary N) is 2. The Hall–Kier alpha value is -4.15. The molecule has 0 aliphatic rings. The SMILES string of the molecule is N#C/C(=C\c1ccc(OCC(=O)Nc2cccc(Cl)c2)cc1)C(=O)Nc1ccc(F)cc1. The second kappa shape index (κ2) is 10.8. The zero-order valence-corrected chi connectivity index (χ0v) is 17.4. The van der Waals surface area contributed by atoms with Crippen molar-refractivity contribution in [1.29, 1.82) is 5.26 Å². The van der Waals surface area contributed by atoms with Crippen molar-refractivity contribution < 1.29 is 18.7 Å². The van der Waals surface area contributed by atoms with E-state index in [1.54, 1.807) is 48.5 Å². The molecule has 0 aliphatic carbocycles. The van der Waals surface area contributed by atoms with E-state index in [-0.39, 0.29) is 18.1 Å². The van der Waals surface area contributed by atoms with Crippen molar-refractivity contribution in [2.24, 2.45) is 0 Å². The first-order chi connectivity index (χ1) is 15.4. The van der Waals surface area contributed by atoms with E-state index in [2.05, 4.69) is 10.6 Å². The summed E-state index contributed by atoms with van der Waals surface area (Å²) in [6.07, 6.45) is 1.41. The molecule has 8 heteroatoms. The fourth-order valence-electron chi connectivity index (χ4n) is 2.62. The smallest absolute Gasteiger partial charge is 0.266 e. The van der Waals surface area contributed by atoms with Gasteiger partial charge in [0, 0.05) is 16.4 Å². The van der Waals surface area contributed by atoms with Crippen LogP contribution in [0.25, 0.3) is 6.08 Å². The lowest BCUT2D eigenvalue weighted by atomic mass is 10.1. The van der Waals surface area contributed by atoms with Gasteiger partial charge in [0.25, 0.3) is 11.8 Å². The zero-order valence-electron chi connectivity index (χ0n) is 16.6. The van der Waals surface area contributed by atoms with Crippen molar-refractivity contribution >= 4 is 40.9 Å². The van der Waals surface area contributed by atoms with Gasteiger partial charge in [-0.25, -0.2) is 4.39 Å². The summed E-state index contributed by atoms with van der Waals surface area (Å²) in [5.41, 5.74) is 1.40. The van der Waals surface area contributed by atoms with Crippen molar-refractivity contribution in [2.75, 3.05) is 17.2 Å². The molecule has 0 saturated heterocycles. The molecule has 0 aromatic heterocycles. The molecule has 0 fully saturated rings. The highest BCUT2D eigenvalue weighted by Crippen LogP contribution is 2.17. The molecular formula is C24H17ClFN3O3. The number of ether oxygens (including phenoxy) is 1. The number of carbonyl (C=O) groups is 2. The molecule has 3 aromatic carbocycles. The van der Waals surface area contributed by atoms with Gasteiger partial charge in [-0.15, -0.1) is 0 Å². The third-order valence-corrected chi connectivity index (χ3v) is 4.37. The summed E-state index contributed by atoms with van der Waals surface area (Å²) in [7, 11) is 0. The summed E-state index contributed by atoms with van der Waals surface area (Å²) in [6.45, 7) is -0.203. The molecule has 0 bridgehead atoms. The number of amides is 2. The number of hydrogen-bond donors (Lipinski definition) is 2. The molecule has 0 unspecified atom stereocenters. The van der Waals surface area contributed by atoms with Crippen LogP contribution >= 0.6 is 11.6 Å². The lowest BCUT2D eigenvalue weighted by Crippen LogP contribution is -2.20. The van der Waals surface area contributed by atoms with Gasteiger partial charge in [0.1, 0.15) is 23.2 Å². The second-order valence-electron chi connectivity index (χ2n) is 6.55. The standard InChI is InChI=1S/C24H17ClFN3O3/c25-18-2-1-3-21(13-18)28-23(30)15-32-22-10-4-16(5-11-22)12-17(14-27)24(31)29-20-8-6-19(26)7-9-20/h1-13H,15H2,(H,28,30)(H,29,31)/b17-12+. The number of carbonyl (C=O) groups excluding carboxylic acids is 2. The maximum atomic E-state index is 13.0. The lowest BCUT2D eigenvalue weighted by molar-refractivity contribution is -0.118. The Morgan fingerprint density at radius 1 is 1.00 bits per heavy atom. The Bertz CT molecular complexity index is 1190. The van der Waals surface area contributed by atoms with Crippen molar-refractivity contribution in [3.05, 3.63) is 94.8 Å². The van der Waals surface area contributed by atoms with Gasteiger partial charge < -0.3 is 15.4 Å². The molecule has 0 spiro atoms. The van der Waals surface area contributed by atoms with Gasteiger partial charge in [-0.05, 0) is 66.2 Å². The quantitative estimate of drug-likeness (QED) is 0.390. The van der Waals surface area contributed by atoms with Gasteiger partial charge in [-0.2, -0.15) is 5.26 Å². The van der Waals surface area contributed by atoms with E-state index in [0.717, 1.165) is 0 Å². The van der Waals surface area contributed by atoms with Crippen LogP contribution in [0.1, 0.15) is 5.56 Å². The fraction of sp³-hybridized carbons (Fsp3) is 0.0417. The number of nitriles is 1. The number of halogens is 2. The first kappa shape index (κ1) is 22.5. The topological polar surface area (TPSA) is 91.2 Å². The molecule has 0 heterocycles. The van der Waals surface area contributed by atoms with E-state index in [1.165, 1.54) is 30.3 Å². The average molecular weight is 450 g/mol. The zero-order chi connectivity index (χ0) is 22.9. The summed E-state index contributed by atoms with van der Waals surface area (Å²) in [5.74, 6) is -0.946. The van der Waals surface area contributed by atoms with Crippen LogP contribution in [0.15, 0.2) is 78.4 Å². The highest BCUT2D eigenvalue weighted by atomic mass is 35.5. The molecule has 0 radical (unpaired) electrons. The van der Waals surface area contributed by atoms with E-state index in [9.17, 15) is 19.2 Å². The molecule has 2 amide bonds. The van der Waals surface area contributed by atoms with Crippen LogP contribution in [-0.2, 0) is 9.59 Å². The molecule has 6 nitrogen and oxygen atoms in total. The highest BCUT2D eigenvalue weighted by Gasteiger charge is 2.10. The van der Waals surface area contributed by atoms with Crippen LogP contribution in [0.4, 0.5) is 15.8 Å². The Morgan fingerprint density at radius 2 is 1.72 bits per heavy atom. The molecule has 0 saturated carbocycles. The molecule has 3 aromatic rings. The number of anilines is 2. The minimum Gasteiger partial charge on any atom is -0.484 e. The molecule has 2 N–H and O–H groups in total.